The molecule has 158 valence electrons. The van der Waals surface area contributed by atoms with Crippen molar-refractivity contribution in [2.24, 2.45) is 0 Å². The zero-order valence-corrected chi connectivity index (χ0v) is 19.0. The van der Waals surface area contributed by atoms with E-state index in [9.17, 15) is 4.79 Å². The van der Waals surface area contributed by atoms with Crippen LogP contribution in [0.1, 0.15) is 18.1 Å². The van der Waals surface area contributed by atoms with Crippen LogP contribution < -0.4 is 20.2 Å². The number of aryl methyl sites for hydroxylation is 1. The van der Waals surface area contributed by atoms with Crippen LogP contribution in [0.3, 0.4) is 0 Å². The Morgan fingerprint density at radius 2 is 2.03 bits per heavy atom. The number of H-pyrrole nitrogens is 1. The number of carbonyl (C=O) groups is 1. The second kappa shape index (κ2) is 10.3. The largest absolute Gasteiger partial charge is 0.490 e. The molecular weight excluding hydrogens is 470 g/mol. The molecule has 0 bridgehead atoms. The number of amides is 1. The van der Waals surface area contributed by atoms with Gasteiger partial charge in [0.15, 0.2) is 18.1 Å². The van der Waals surface area contributed by atoms with E-state index in [-0.39, 0.29) is 12.5 Å². The minimum absolute atomic E-state index is 0.145. The van der Waals surface area contributed by atoms with Crippen LogP contribution in [0.25, 0.3) is 0 Å². The molecule has 0 aliphatic carbocycles. The first kappa shape index (κ1) is 21.8. The predicted octanol–water partition coefficient (Wildman–Crippen LogP) is 4.17. The third-order valence-electron chi connectivity index (χ3n) is 4.06. The molecule has 0 radical (unpaired) electrons. The van der Waals surface area contributed by atoms with Gasteiger partial charge in [0.1, 0.15) is 6.33 Å². The number of aromatic nitrogens is 3. The van der Waals surface area contributed by atoms with E-state index >= 15 is 0 Å². The van der Waals surface area contributed by atoms with Crippen molar-refractivity contribution >= 4 is 39.7 Å². The maximum Gasteiger partial charge on any atom is 0.262 e. The molecule has 0 atom stereocenters. The van der Waals surface area contributed by atoms with E-state index in [1.165, 1.54) is 0 Å². The van der Waals surface area contributed by atoms with Crippen molar-refractivity contribution in [2.75, 3.05) is 24.0 Å². The highest BCUT2D eigenvalue weighted by Gasteiger charge is 2.14. The molecule has 30 heavy (non-hydrogen) atoms. The number of nitrogens with one attached hydrogen (secondary N) is 3. The standard InChI is InChI=1S/C20H22BrN5O3S/c1-3-28-17-9-14(10-23-26-12-22-25-20(26)30)8-16(21)19(17)29-11-18(27)24-15-6-4-13(2)5-7-15/h4-9,12,23H,3,10-11H2,1-2H3,(H,24,27)(H,25,30). The predicted molar refractivity (Wildman–Crippen MR) is 121 cm³/mol. The van der Waals surface area contributed by atoms with Gasteiger partial charge in [0.05, 0.1) is 17.6 Å². The van der Waals surface area contributed by atoms with Crippen molar-refractivity contribution in [3.8, 4) is 11.5 Å². The minimum Gasteiger partial charge on any atom is -0.490 e. The van der Waals surface area contributed by atoms with E-state index in [1.807, 2.05) is 50.2 Å². The molecule has 3 N–H and O–H groups in total. The highest BCUT2D eigenvalue weighted by molar-refractivity contribution is 9.10. The van der Waals surface area contributed by atoms with Gasteiger partial charge in [-0.2, -0.15) is 5.10 Å². The molecule has 8 nitrogen and oxygen atoms in total. The fraction of sp³-hybridized carbons (Fsp3) is 0.250. The lowest BCUT2D eigenvalue weighted by Crippen LogP contribution is -2.20. The lowest BCUT2D eigenvalue weighted by molar-refractivity contribution is -0.118. The Labute approximate surface area is 187 Å². The van der Waals surface area contributed by atoms with Crippen LogP contribution in [0, 0.1) is 11.7 Å². The van der Waals surface area contributed by atoms with E-state index in [0.717, 1.165) is 16.8 Å². The number of hydrogen-bond donors (Lipinski definition) is 3. The number of anilines is 1. The van der Waals surface area contributed by atoms with E-state index in [1.54, 1.807) is 11.0 Å². The molecule has 1 heterocycles. The third-order valence-corrected chi connectivity index (χ3v) is 4.93. The average Bonchev–Trinajstić information content (AvgIpc) is 3.12. The first-order valence-corrected chi connectivity index (χ1v) is 10.5. The molecule has 0 fully saturated rings. The van der Waals surface area contributed by atoms with Crippen LogP contribution in [0.2, 0.25) is 0 Å². The summed E-state index contributed by atoms with van der Waals surface area (Å²) in [5, 5.41) is 9.36. The highest BCUT2D eigenvalue weighted by atomic mass is 79.9. The topological polar surface area (TPSA) is 93.2 Å². The van der Waals surface area contributed by atoms with E-state index in [4.69, 9.17) is 21.7 Å². The highest BCUT2D eigenvalue weighted by Crippen LogP contribution is 2.37. The molecule has 0 spiro atoms. The minimum atomic E-state index is -0.256. The Bertz CT molecular complexity index is 1070. The molecule has 0 aliphatic rings. The summed E-state index contributed by atoms with van der Waals surface area (Å²) in [5.41, 5.74) is 5.92. The molecule has 0 aliphatic heterocycles. The quantitative estimate of drug-likeness (QED) is 0.389. The number of nitrogens with zero attached hydrogens (tertiary/aromatic N) is 2. The fourth-order valence-corrected chi connectivity index (χ4v) is 3.40. The van der Waals surface area contributed by atoms with Gasteiger partial charge in [0, 0.05) is 5.69 Å². The zero-order valence-electron chi connectivity index (χ0n) is 16.6. The van der Waals surface area contributed by atoms with Gasteiger partial charge >= 0.3 is 0 Å². The Balaban J connectivity index is 1.67. The summed E-state index contributed by atoms with van der Waals surface area (Å²) < 4.78 is 14.3. The maximum atomic E-state index is 12.3. The molecule has 3 rings (SSSR count). The van der Waals surface area contributed by atoms with Gasteiger partial charge in [0.25, 0.3) is 5.91 Å². The van der Waals surface area contributed by atoms with Gasteiger partial charge in [-0.05, 0) is 71.8 Å². The van der Waals surface area contributed by atoms with Gasteiger partial charge in [-0.3, -0.25) is 9.89 Å². The number of aromatic amines is 1. The van der Waals surface area contributed by atoms with Crippen molar-refractivity contribution < 1.29 is 14.3 Å². The van der Waals surface area contributed by atoms with Crippen LogP contribution in [0.4, 0.5) is 5.69 Å². The number of ether oxygens (including phenoxy) is 2. The van der Waals surface area contributed by atoms with Crippen LogP contribution in [-0.4, -0.2) is 34.0 Å². The summed E-state index contributed by atoms with van der Waals surface area (Å²) in [6.45, 7) is 4.68. The third kappa shape index (κ3) is 5.83. The second-order valence-corrected chi connectivity index (χ2v) is 7.65. The van der Waals surface area contributed by atoms with Gasteiger partial charge in [0.2, 0.25) is 4.77 Å². The van der Waals surface area contributed by atoms with Gasteiger partial charge in [-0.25, -0.2) is 4.68 Å². The van der Waals surface area contributed by atoms with Crippen molar-refractivity contribution in [3.63, 3.8) is 0 Å². The summed E-state index contributed by atoms with van der Waals surface area (Å²) in [4.78, 5) is 12.3. The average molecular weight is 492 g/mol. The van der Waals surface area contributed by atoms with Crippen molar-refractivity contribution in [1.29, 1.82) is 0 Å². The van der Waals surface area contributed by atoms with E-state index in [0.29, 0.717) is 33.9 Å². The molecule has 10 heteroatoms. The lowest BCUT2D eigenvalue weighted by Gasteiger charge is -2.16. The summed E-state index contributed by atoms with van der Waals surface area (Å²) >= 11 is 8.63. The lowest BCUT2D eigenvalue weighted by atomic mass is 10.2. The molecule has 2 aromatic carbocycles. The number of benzene rings is 2. The van der Waals surface area contributed by atoms with Crippen LogP contribution in [0.15, 0.2) is 47.2 Å². The van der Waals surface area contributed by atoms with E-state index in [2.05, 4.69) is 36.9 Å². The molecule has 0 saturated heterocycles. The van der Waals surface area contributed by atoms with Crippen molar-refractivity contribution in [2.45, 2.75) is 20.4 Å². The SMILES string of the molecule is CCOc1cc(CNn2cn[nH]c2=S)cc(Br)c1OCC(=O)Nc1ccc(C)cc1. The summed E-state index contributed by atoms with van der Waals surface area (Å²) in [7, 11) is 0. The Morgan fingerprint density at radius 3 is 2.70 bits per heavy atom. The number of hydrogen-bond acceptors (Lipinski definition) is 6. The van der Waals surface area contributed by atoms with Crippen molar-refractivity contribution in [1.82, 2.24) is 14.9 Å². The van der Waals surface area contributed by atoms with E-state index < -0.39 is 0 Å². The van der Waals surface area contributed by atoms with Gasteiger partial charge in [-0.15, -0.1) is 0 Å². The zero-order chi connectivity index (χ0) is 21.5. The monoisotopic (exact) mass is 491 g/mol. The Hall–Kier alpha value is -2.85. The molecule has 1 amide bonds. The molecule has 0 saturated carbocycles. The molecular formula is C20H22BrN5O3S. The van der Waals surface area contributed by atoms with Crippen LogP contribution in [0.5, 0.6) is 11.5 Å². The normalized spacial score (nSPS) is 10.5. The summed E-state index contributed by atoms with van der Waals surface area (Å²) in [6, 6.07) is 11.3. The first-order chi connectivity index (χ1) is 14.5. The number of halogens is 1. The summed E-state index contributed by atoms with van der Waals surface area (Å²) in [6.07, 6.45) is 1.56. The van der Waals surface area contributed by atoms with Crippen molar-refractivity contribution in [3.05, 3.63) is 63.1 Å². The molecule has 1 aromatic heterocycles. The van der Waals surface area contributed by atoms with Crippen LogP contribution >= 0.6 is 28.1 Å². The molecule has 0 unspecified atom stereocenters. The second-order valence-electron chi connectivity index (χ2n) is 6.41. The van der Waals surface area contributed by atoms with Gasteiger partial charge in [-0.1, -0.05) is 17.7 Å². The molecule has 3 aromatic rings. The maximum absolute atomic E-state index is 12.3. The number of carbonyl (C=O) groups excluding carboxylic acids is 1. The smallest absolute Gasteiger partial charge is 0.262 e. The van der Waals surface area contributed by atoms with Crippen LogP contribution in [-0.2, 0) is 11.3 Å². The van der Waals surface area contributed by atoms with Gasteiger partial charge < -0.3 is 20.2 Å². The number of rotatable bonds is 9. The first-order valence-electron chi connectivity index (χ1n) is 9.26. The fourth-order valence-electron chi connectivity index (χ4n) is 2.64. The summed E-state index contributed by atoms with van der Waals surface area (Å²) in [5.74, 6) is 0.760. The Kier molecular flexibility index (Phi) is 7.47. The Morgan fingerprint density at radius 1 is 1.27 bits per heavy atom.